The van der Waals surface area contributed by atoms with Crippen molar-refractivity contribution in [2.45, 2.75) is 104 Å². The summed E-state index contributed by atoms with van der Waals surface area (Å²) < 4.78 is 17.8. The Kier molecular flexibility index (Phi) is 11.7. The van der Waals surface area contributed by atoms with Crippen LogP contribution in [0, 0.1) is 0 Å². The molecule has 2 aromatic rings. The van der Waals surface area contributed by atoms with E-state index in [1.54, 1.807) is 0 Å². The smallest absolute Gasteiger partial charge is 0.196 e. The monoisotopic (exact) mass is 440 g/mol. The van der Waals surface area contributed by atoms with E-state index < -0.39 is 0 Å². The lowest BCUT2D eigenvalue weighted by molar-refractivity contribution is -0.0677. The van der Waals surface area contributed by atoms with Crippen LogP contribution in [0.3, 0.4) is 0 Å². The van der Waals surface area contributed by atoms with E-state index in [4.69, 9.17) is 14.2 Å². The van der Waals surface area contributed by atoms with Gasteiger partial charge < -0.3 is 14.2 Å². The summed E-state index contributed by atoms with van der Waals surface area (Å²) in [5.41, 5.74) is 2.74. The van der Waals surface area contributed by atoms with Crippen LogP contribution in [0.1, 0.15) is 103 Å². The van der Waals surface area contributed by atoms with Crippen molar-refractivity contribution in [2.24, 2.45) is 0 Å². The molecule has 178 valence electrons. The maximum atomic E-state index is 6.07. The number of benzene rings is 2. The van der Waals surface area contributed by atoms with Crippen LogP contribution >= 0.6 is 0 Å². The molecule has 0 aliphatic rings. The van der Waals surface area contributed by atoms with Crippen molar-refractivity contribution < 1.29 is 14.2 Å². The Bertz CT molecular complexity index is 673. The van der Waals surface area contributed by atoms with Gasteiger partial charge in [0.25, 0.3) is 0 Å². The van der Waals surface area contributed by atoms with Gasteiger partial charge in [0.1, 0.15) is 11.5 Å². The van der Waals surface area contributed by atoms with Gasteiger partial charge in [0.2, 0.25) is 0 Å². The minimum Gasteiger partial charge on any atom is -0.491 e. The fourth-order valence-corrected chi connectivity index (χ4v) is 3.70. The Morgan fingerprint density at radius 2 is 1.12 bits per heavy atom. The fourth-order valence-electron chi connectivity index (χ4n) is 3.70. The van der Waals surface area contributed by atoms with E-state index in [0.717, 1.165) is 56.6 Å². The van der Waals surface area contributed by atoms with Crippen LogP contribution in [-0.4, -0.2) is 19.0 Å². The summed E-state index contributed by atoms with van der Waals surface area (Å²) in [4.78, 5) is 0. The van der Waals surface area contributed by atoms with Crippen molar-refractivity contribution in [1.29, 1.82) is 0 Å². The van der Waals surface area contributed by atoms with Crippen LogP contribution in [0.5, 0.6) is 11.5 Å². The third kappa shape index (κ3) is 9.24. The lowest BCUT2D eigenvalue weighted by Crippen LogP contribution is -2.17. The lowest BCUT2D eigenvalue weighted by Gasteiger charge is -2.17. The van der Waals surface area contributed by atoms with E-state index >= 15 is 0 Å². The second-order valence-electron chi connectivity index (χ2n) is 9.09. The first-order valence-corrected chi connectivity index (χ1v) is 12.6. The van der Waals surface area contributed by atoms with Gasteiger partial charge in [-0.15, -0.1) is 0 Å². The quantitative estimate of drug-likeness (QED) is 0.205. The van der Waals surface area contributed by atoms with Gasteiger partial charge in [0, 0.05) is 0 Å². The molecule has 0 aromatic heterocycles. The molecule has 2 aromatic carbocycles. The molecule has 0 spiro atoms. The Morgan fingerprint density at radius 1 is 0.625 bits per heavy atom. The average molecular weight is 441 g/mol. The number of hydrogen-bond donors (Lipinski definition) is 0. The first-order chi connectivity index (χ1) is 15.4. The van der Waals surface area contributed by atoms with Gasteiger partial charge >= 0.3 is 0 Å². The highest BCUT2D eigenvalue weighted by molar-refractivity contribution is 5.30. The van der Waals surface area contributed by atoms with Gasteiger partial charge in [-0.25, -0.2) is 0 Å². The fraction of sp³-hybridized carbons (Fsp3) is 0.586. The summed E-state index contributed by atoms with van der Waals surface area (Å²) >= 11 is 0. The number of unbranched alkanes of at least 4 members (excludes halogenated alkanes) is 2. The summed E-state index contributed by atoms with van der Waals surface area (Å²) in [7, 11) is 0. The van der Waals surface area contributed by atoms with Crippen LogP contribution in [0.25, 0.3) is 0 Å². The van der Waals surface area contributed by atoms with Crippen molar-refractivity contribution in [3.05, 3.63) is 59.7 Å². The van der Waals surface area contributed by atoms with Crippen molar-refractivity contribution >= 4 is 0 Å². The van der Waals surface area contributed by atoms with E-state index in [2.05, 4.69) is 71.0 Å². The summed E-state index contributed by atoms with van der Waals surface area (Å²) in [6.07, 6.45) is 6.68. The van der Waals surface area contributed by atoms with Crippen molar-refractivity contribution in [1.82, 2.24) is 0 Å². The Hall–Kier alpha value is -2.00. The molecule has 0 amide bonds. The zero-order valence-corrected chi connectivity index (χ0v) is 21.1. The predicted molar refractivity (Wildman–Crippen MR) is 135 cm³/mol. The highest BCUT2D eigenvalue weighted by Gasteiger charge is 2.08. The van der Waals surface area contributed by atoms with Crippen LogP contribution < -0.4 is 9.47 Å². The molecule has 0 fully saturated rings. The molecule has 0 saturated heterocycles. The Balaban J connectivity index is 1.56. The zero-order valence-electron chi connectivity index (χ0n) is 21.1. The zero-order chi connectivity index (χ0) is 23.3. The van der Waals surface area contributed by atoms with Gasteiger partial charge in [0.15, 0.2) is 6.29 Å². The molecule has 3 nitrogen and oxygen atoms in total. The second-order valence-corrected chi connectivity index (χ2v) is 9.09. The van der Waals surface area contributed by atoms with E-state index in [-0.39, 0.29) is 12.4 Å². The normalized spacial score (nSPS) is 15.1. The molecular weight excluding hydrogens is 396 g/mol. The largest absolute Gasteiger partial charge is 0.491 e. The third-order valence-corrected chi connectivity index (χ3v) is 6.37. The van der Waals surface area contributed by atoms with Gasteiger partial charge in [-0.3, -0.25) is 0 Å². The topological polar surface area (TPSA) is 27.7 Å². The van der Waals surface area contributed by atoms with Gasteiger partial charge in [-0.1, -0.05) is 58.4 Å². The van der Waals surface area contributed by atoms with Crippen molar-refractivity contribution in [3.63, 3.8) is 0 Å². The molecule has 0 heterocycles. The lowest BCUT2D eigenvalue weighted by atomic mass is 9.99. The molecule has 0 aliphatic carbocycles. The first kappa shape index (κ1) is 26.3. The Morgan fingerprint density at radius 3 is 1.62 bits per heavy atom. The van der Waals surface area contributed by atoms with Gasteiger partial charge in [0.05, 0.1) is 12.7 Å². The number of ether oxygens (including phenoxy) is 3. The van der Waals surface area contributed by atoms with Gasteiger partial charge in [-0.2, -0.15) is 0 Å². The maximum absolute atomic E-state index is 6.07. The molecular formula is C29H44O3. The molecule has 0 radical (unpaired) electrons. The van der Waals surface area contributed by atoms with Crippen LogP contribution in [-0.2, 0) is 4.74 Å². The molecule has 0 N–H and O–H groups in total. The molecule has 2 rings (SSSR count). The minimum atomic E-state index is -0.231. The van der Waals surface area contributed by atoms with Crippen molar-refractivity contribution in [3.8, 4) is 11.5 Å². The third-order valence-electron chi connectivity index (χ3n) is 6.37. The summed E-state index contributed by atoms with van der Waals surface area (Å²) in [6, 6.07) is 17.0. The van der Waals surface area contributed by atoms with E-state index in [1.807, 2.05) is 19.1 Å². The predicted octanol–water partition coefficient (Wildman–Crippen LogP) is 8.48. The minimum absolute atomic E-state index is 0.228. The average Bonchev–Trinajstić information content (AvgIpc) is 2.81. The SMILES string of the molecule is CCC(C)c1ccc(OC(C)CCCCCOC(C)Oc2ccc(C(C)CC)cc2)cc1. The molecule has 0 saturated carbocycles. The molecule has 4 unspecified atom stereocenters. The van der Waals surface area contributed by atoms with E-state index in [1.165, 1.54) is 11.1 Å². The van der Waals surface area contributed by atoms with Crippen LogP contribution in [0.2, 0.25) is 0 Å². The molecule has 0 aliphatic heterocycles. The maximum Gasteiger partial charge on any atom is 0.196 e. The highest BCUT2D eigenvalue weighted by atomic mass is 16.7. The molecule has 32 heavy (non-hydrogen) atoms. The molecule has 0 bridgehead atoms. The van der Waals surface area contributed by atoms with Gasteiger partial charge in [-0.05, 0) is 93.2 Å². The van der Waals surface area contributed by atoms with Crippen LogP contribution in [0.15, 0.2) is 48.5 Å². The molecule has 4 atom stereocenters. The standard InChI is InChI=1S/C29H44O3/c1-7-22(3)26-13-17-28(18-14-26)31-24(5)12-10-9-11-21-30-25(6)32-29-19-15-27(16-20-29)23(4)8-2/h13-20,22-25H,7-12,21H2,1-6H3. The molecule has 3 heteroatoms. The van der Waals surface area contributed by atoms with E-state index in [9.17, 15) is 0 Å². The second kappa shape index (κ2) is 14.2. The summed E-state index contributed by atoms with van der Waals surface area (Å²) in [6.45, 7) is 13.8. The highest BCUT2D eigenvalue weighted by Crippen LogP contribution is 2.23. The summed E-state index contributed by atoms with van der Waals surface area (Å²) in [5.74, 6) is 3.02. The Labute approximate surface area is 196 Å². The van der Waals surface area contributed by atoms with Crippen LogP contribution in [0.4, 0.5) is 0 Å². The van der Waals surface area contributed by atoms with Crippen molar-refractivity contribution in [2.75, 3.05) is 6.61 Å². The number of rotatable bonds is 15. The first-order valence-electron chi connectivity index (χ1n) is 12.6. The summed E-state index contributed by atoms with van der Waals surface area (Å²) in [5, 5.41) is 0. The van der Waals surface area contributed by atoms with E-state index in [0.29, 0.717) is 11.8 Å². The number of hydrogen-bond acceptors (Lipinski definition) is 3.